The average molecular weight is 277 g/mol. The molecule has 2 aliphatic heterocycles. The molecule has 2 aliphatic rings. The quantitative estimate of drug-likeness (QED) is 0.610. The number of nitrogen functional groups attached to an aromatic ring is 1. The number of rotatable bonds is 3. The van der Waals surface area contributed by atoms with Gasteiger partial charge in [0, 0.05) is 25.3 Å². The van der Waals surface area contributed by atoms with Crippen LogP contribution in [0.2, 0.25) is 0 Å². The first-order valence-corrected chi connectivity index (χ1v) is 6.78. The highest BCUT2D eigenvalue weighted by Gasteiger charge is 2.39. The predicted octanol–water partition coefficient (Wildman–Crippen LogP) is 0.715. The zero-order valence-electron chi connectivity index (χ0n) is 11.4. The zero-order valence-corrected chi connectivity index (χ0v) is 11.4. The fourth-order valence-corrected chi connectivity index (χ4v) is 2.70. The summed E-state index contributed by atoms with van der Waals surface area (Å²) >= 11 is 0. The van der Waals surface area contributed by atoms with Crippen LogP contribution in [0.3, 0.4) is 0 Å². The van der Waals surface area contributed by atoms with Gasteiger partial charge in [0.25, 0.3) is 0 Å². The van der Waals surface area contributed by atoms with Crippen molar-refractivity contribution in [3.63, 3.8) is 0 Å². The van der Waals surface area contributed by atoms with Crippen LogP contribution < -0.4 is 16.4 Å². The molecule has 0 aliphatic carbocycles. The topological polar surface area (TPSA) is 96.6 Å². The molecule has 0 saturated carbocycles. The molecule has 0 spiro atoms. The van der Waals surface area contributed by atoms with Gasteiger partial charge in [-0.05, 0) is 24.6 Å². The highest BCUT2D eigenvalue weighted by Crippen LogP contribution is 2.33. The number of carbonyl (C=O) groups is 1. The van der Waals surface area contributed by atoms with E-state index in [0.29, 0.717) is 31.7 Å². The van der Waals surface area contributed by atoms with Crippen LogP contribution in [0.5, 0.6) is 0 Å². The molecule has 5 N–H and O–H groups in total. The van der Waals surface area contributed by atoms with Crippen molar-refractivity contribution in [3.8, 4) is 0 Å². The first-order valence-electron chi connectivity index (χ1n) is 6.78. The van der Waals surface area contributed by atoms with E-state index in [-0.39, 0.29) is 12.0 Å². The largest absolute Gasteiger partial charge is 0.397 e. The fraction of sp³-hybridized carbons (Fsp3) is 0.500. The minimum Gasteiger partial charge on any atom is -0.397 e. The zero-order chi connectivity index (χ0) is 14.3. The maximum atomic E-state index is 11.4. The van der Waals surface area contributed by atoms with Crippen molar-refractivity contribution in [2.75, 3.05) is 29.5 Å². The number of nitrogens with two attached hydrogens (primary N) is 1. The monoisotopic (exact) mass is 277 g/mol. The second-order valence-corrected chi connectivity index (χ2v) is 5.54. The Morgan fingerprint density at radius 2 is 2.40 bits per heavy atom. The van der Waals surface area contributed by atoms with E-state index in [1.807, 2.05) is 13.0 Å². The lowest BCUT2D eigenvalue weighted by Gasteiger charge is -2.27. The standard InChI is InChI=1S/C14H19N3O3/c1-8-14(19,2-3-20-8)7-16-12-6-11-9(4-10(12)15)5-13(18)17-11/h4,6,8,16,19H,2-3,5,7,15H2,1H3,(H,17,18). The van der Waals surface area contributed by atoms with Crippen LogP contribution in [0.25, 0.3) is 0 Å². The summed E-state index contributed by atoms with van der Waals surface area (Å²) in [5.74, 6) is -0.0204. The molecule has 1 aromatic carbocycles. The van der Waals surface area contributed by atoms with Crippen LogP contribution in [0, 0.1) is 0 Å². The van der Waals surface area contributed by atoms with Crippen molar-refractivity contribution in [2.45, 2.75) is 31.5 Å². The lowest BCUT2D eigenvalue weighted by molar-refractivity contribution is -0.115. The number of carbonyl (C=O) groups excluding carboxylic acids is 1. The molecule has 1 fully saturated rings. The molecule has 1 saturated heterocycles. The van der Waals surface area contributed by atoms with Crippen LogP contribution in [0.4, 0.5) is 17.1 Å². The van der Waals surface area contributed by atoms with Gasteiger partial charge in [-0.1, -0.05) is 0 Å². The molecule has 2 heterocycles. The summed E-state index contributed by atoms with van der Waals surface area (Å²) in [5.41, 5.74) is 8.10. The van der Waals surface area contributed by atoms with E-state index >= 15 is 0 Å². The molecule has 2 atom stereocenters. The molecule has 1 aromatic rings. The van der Waals surface area contributed by atoms with E-state index < -0.39 is 5.60 Å². The molecule has 20 heavy (non-hydrogen) atoms. The van der Waals surface area contributed by atoms with Gasteiger partial charge in [-0.25, -0.2) is 0 Å². The third-order valence-corrected chi connectivity index (χ3v) is 4.14. The van der Waals surface area contributed by atoms with Crippen molar-refractivity contribution in [3.05, 3.63) is 17.7 Å². The fourth-order valence-electron chi connectivity index (χ4n) is 2.70. The lowest BCUT2D eigenvalue weighted by Crippen LogP contribution is -2.43. The number of nitrogens with one attached hydrogen (secondary N) is 2. The Bertz CT molecular complexity index is 561. The summed E-state index contributed by atoms with van der Waals surface area (Å²) in [6.07, 6.45) is 0.766. The minimum atomic E-state index is -0.880. The van der Waals surface area contributed by atoms with Gasteiger partial charge < -0.3 is 26.2 Å². The second kappa shape index (κ2) is 4.64. The number of ether oxygens (including phenoxy) is 1. The minimum absolute atomic E-state index is 0.0204. The molecule has 108 valence electrons. The molecule has 2 unspecified atom stereocenters. The molecule has 0 aromatic heterocycles. The summed E-state index contributed by atoms with van der Waals surface area (Å²) in [7, 11) is 0. The van der Waals surface area contributed by atoms with Gasteiger partial charge >= 0.3 is 0 Å². The maximum absolute atomic E-state index is 11.4. The first kappa shape index (κ1) is 13.2. The molecular weight excluding hydrogens is 258 g/mol. The van der Waals surface area contributed by atoms with Crippen LogP contribution in [0.15, 0.2) is 12.1 Å². The third-order valence-electron chi connectivity index (χ3n) is 4.14. The van der Waals surface area contributed by atoms with Crippen molar-refractivity contribution >= 4 is 23.0 Å². The van der Waals surface area contributed by atoms with E-state index in [1.165, 1.54) is 0 Å². The van der Waals surface area contributed by atoms with Gasteiger partial charge in [0.05, 0.1) is 23.9 Å². The number of fused-ring (bicyclic) bond motifs is 1. The summed E-state index contributed by atoms with van der Waals surface area (Å²) in [6.45, 7) is 2.79. The Morgan fingerprint density at radius 3 is 3.10 bits per heavy atom. The highest BCUT2D eigenvalue weighted by molar-refractivity contribution is 6.00. The molecule has 0 bridgehead atoms. The van der Waals surface area contributed by atoms with Crippen molar-refractivity contribution in [1.82, 2.24) is 0 Å². The van der Waals surface area contributed by atoms with Gasteiger partial charge in [-0.15, -0.1) is 0 Å². The Balaban J connectivity index is 1.75. The van der Waals surface area contributed by atoms with Crippen LogP contribution in [-0.2, 0) is 16.0 Å². The van der Waals surface area contributed by atoms with Crippen LogP contribution >= 0.6 is 0 Å². The van der Waals surface area contributed by atoms with Gasteiger partial charge in [-0.3, -0.25) is 4.79 Å². The van der Waals surface area contributed by atoms with Gasteiger partial charge in [-0.2, -0.15) is 0 Å². The lowest BCUT2D eigenvalue weighted by atomic mass is 9.96. The number of aliphatic hydroxyl groups is 1. The summed E-state index contributed by atoms with van der Waals surface area (Å²) in [6, 6.07) is 3.62. The van der Waals surface area contributed by atoms with E-state index in [2.05, 4.69) is 10.6 Å². The molecule has 6 nitrogen and oxygen atoms in total. The van der Waals surface area contributed by atoms with Gasteiger partial charge in [0.1, 0.15) is 5.60 Å². The summed E-state index contributed by atoms with van der Waals surface area (Å²) in [4.78, 5) is 11.4. The van der Waals surface area contributed by atoms with E-state index in [4.69, 9.17) is 10.5 Å². The maximum Gasteiger partial charge on any atom is 0.228 e. The Labute approximate surface area is 117 Å². The van der Waals surface area contributed by atoms with Gasteiger partial charge in [0.2, 0.25) is 5.91 Å². The highest BCUT2D eigenvalue weighted by atomic mass is 16.5. The second-order valence-electron chi connectivity index (χ2n) is 5.54. The summed E-state index contributed by atoms with van der Waals surface area (Å²) < 4.78 is 5.40. The Kier molecular flexibility index (Phi) is 3.07. The molecule has 3 rings (SSSR count). The molecule has 6 heteroatoms. The van der Waals surface area contributed by atoms with Crippen molar-refractivity contribution in [1.29, 1.82) is 0 Å². The third kappa shape index (κ3) is 2.21. The van der Waals surface area contributed by atoms with E-state index in [9.17, 15) is 9.90 Å². The first-order chi connectivity index (χ1) is 9.48. The normalized spacial score (nSPS) is 28.3. The SMILES string of the molecule is CC1OCCC1(O)CNc1cc2c(cc1N)CC(=O)N2. The molecular formula is C14H19N3O3. The number of hydrogen-bond donors (Lipinski definition) is 4. The van der Waals surface area contributed by atoms with E-state index in [0.717, 1.165) is 16.9 Å². The summed E-state index contributed by atoms with van der Waals surface area (Å²) in [5, 5.41) is 16.4. The smallest absolute Gasteiger partial charge is 0.228 e. The number of hydrogen-bond acceptors (Lipinski definition) is 5. The van der Waals surface area contributed by atoms with Crippen molar-refractivity contribution in [2.24, 2.45) is 0 Å². The Morgan fingerprint density at radius 1 is 1.60 bits per heavy atom. The molecule has 0 radical (unpaired) electrons. The van der Waals surface area contributed by atoms with Gasteiger partial charge in [0.15, 0.2) is 0 Å². The predicted molar refractivity (Wildman–Crippen MR) is 76.7 cm³/mol. The molecule has 1 amide bonds. The number of benzene rings is 1. The average Bonchev–Trinajstić information content (AvgIpc) is 2.90. The van der Waals surface area contributed by atoms with E-state index in [1.54, 1.807) is 6.07 Å². The Hall–Kier alpha value is -1.79. The van der Waals surface area contributed by atoms with Crippen LogP contribution in [0.1, 0.15) is 18.9 Å². The number of amides is 1. The van der Waals surface area contributed by atoms with Crippen LogP contribution in [-0.4, -0.2) is 35.9 Å². The number of anilines is 3. The van der Waals surface area contributed by atoms with Crippen molar-refractivity contribution < 1.29 is 14.6 Å².